The molecule has 24 heavy (non-hydrogen) atoms. The monoisotopic (exact) mass is 323 g/mol. The SMILES string of the molecule is Cc1cc2c(cc1C)N[C@H](CC(=O)Nc1ccccc1C)C(=O)N2. The fourth-order valence-corrected chi connectivity index (χ4v) is 2.76. The van der Waals surface area contributed by atoms with Crippen molar-refractivity contribution in [3.63, 3.8) is 0 Å². The quantitative estimate of drug-likeness (QED) is 0.811. The van der Waals surface area contributed by atoms with Crippen molar-refractivity contribution in [2.45, 2.75) is 33.2 Å². The van der Waals surface area contributed by atoms with Crippen molar-refractivity contribution in [1.82, 2.24) is 0 Å². The summed E-state index contributed by atoms with van der Waals surface area (Å²) < 4.78 is 0. The van der Waals surface area contributed by atoms with Gasteiger partial charge in [0.25, 0.3) is 0 Å². The standard InChI is InChI=1S/C19H21N3O2/c1-11-6-4-5-7-14(11)21-18(23)10-17-19(24)22-16-9-13(3)12(2)8-15(16)20-17/h4-9,17,20H,10H2,1-3H3,(H,21,23)(H,22,24)/t17-/m1/s1. The van der Waals surface area contributed by atoms with Crippen LogP contribution >= 0.6 is 0 Å². The van der Waals surface area contributed by atoms with Gasteiger partial charge in [-0.3, -0.25) is 9.59 Å². The van der Waals surface area contributed by atoms with Crippen LogP contribution in [0.3, 0.4) is 0 Å². The highest BCUT2D eigenvalue weighted by atomic mass is 16.2. The van der Waals surface area contributed by atoms with E-state index in [9.17, 15) is 9.59 Å². The molecule has 0 unspecified atom stereocenters. The van der Waals surface area contributed by atoms with Gasteiger partial charge in [-0.25, -0.2) is 0 Å². The Bertz CT molecular complexity index is 814. The number of aryl methyl sites for hydroxylation is 3. The number of anilines is 3. The molecule has 0 saturated heterocycles. The molecule has 5 nitrogen and oxygen atoms in total. The van der Waals surface area contributed by atoms with Crippen LogP contribution in [0.5, 0.6) is 0 Å². The number of rotatable bonds is 3. The van der Waals surface area contributed by atoms with Gasteiger partial charge in [-0.05, 0) is 55.7 Å². The second-order valence-corrected chi connectivity index (χ2v) is 6.24. The largest absolute Gasteiger partial charge is 0.372 e. The van der Waals surface area contributed by atoms with Gasteiger partial charge in [-0.15, -0.1) is 0 Å². The summed E-state index contributed by atoms with van der Waals surface area (Å²) in [6.07, 6.45) is 0.0759. The number of amides is 2. The highest BCUT2D eigenvalue weighted by Crippen LogP contribution is 2.30. The molecule has 0 bridgehead atoms. The number of carbonyl (C=O) groups is 2. The number of hydrogen-bond acceptors (Lipinski definition) is 3. The van der Waals surface area contributed by atoms with E-state index in [1.54, 1.807) is 0 Å². The summed E-state index contributed by atoms with van der Waals surface area (Å²) in [5.74, 6) is -0.380. The zero-order valence-electron chi connectivity index (χ0n) is 14.1. The summed E-state index contributed by atoms with van der Waals surface area (Å²) in [7, 11) is 0. The number of benzene rings is 2. The second-order valence-electron chi connectivity index (χ2n) is 6.24. The predicted octanol–water partition coefficient (Wildman–Crippen LogP) is 3.37. The van der Waals surface area contributed by atoms with Crippen LogP contribution in [0.1, 0.15) is 23.1 Å². The highest BCUT2D eigenvalue weighted by molar-refractivity contribution is 6.06. The molecule has 0 fully saturated rings. The van der Waals surface area contributed by atoms with Gasteiger partial charge in [0.1, 0.15) is 6.04 Å². The Balaban J connectivity index is 1.71. The molecule has 3 rings (SSSR count). The third kappa shape index (κ3) is 3.25. The minimum Gasteiger partial charge on any atom is -0.372 e. The van der Waals surface area contributed by atoms with E-state index in [0.717, 1.165) is 33.8 Å². The van der Waals surface area contributed by atoms with E-state index in [1.807, 2.05) is 57.2 Å². The van der Waals surface area contributed by atoms with E-state index in [1.165, 1.54) is 0 Å². The molecule has 2 aromatic carbocycles. The van der Waals surface area contributed by atoms with Crippen LogP contribution in [0.25, 0.3) is 0 Å². The van der Waals surface area contributed by atoms with Crippen molar-refractivity contribution in [2.75, 3.05) is 16.0 Å². The minimum atomic E-state index is -0.580. The van der Waals surface area contributed by atoms with Gasteiger partial charge in [-0.1, -0.05) is 18.2 Å². The van der Waals surface area contributed by atoms with Gasteiger partial charge in [0.05, 0.1) is 17.8 Å². The van der Waals surface area contributed by atoms with Crippen LogP contribution in [0.4, 0.5) is 17.1 Å². The van der Waals surface area contributed by atoms with Crippen molar-refractivity contribution < 1.29 is 9.59 Å². The molecular weight excluding hydrogens is 302 g/mol. The van der Waals surface area contributed by atoms with E-state index in [-0.39, 0.29) is 18.2 Å². The number of para-hydroxylation sites is 1. The van der Waals surface area contributed by atoms with Gasteiger partial charge in [0.2, 0.25) is 11.8 Å². The lowest BCUT2D eigenvalue weighted by Gasteiger charge is -2.27. The average molecular weight is 323 g/mol. The van der Waals surface area contributed by atoms with Crippen LogP contribution in [0.15, 0.2) is 36.4 Å². The third-order valence-electron chi connectivity index (χ3n) is 4.35. The molecule has 2 amide bonds. The normalized spacial score (nSPS) is 16.0. The zero-order chi connectivity index (χ0) is 17.3. The number of fused-ring (bicyclic) bond motifs is 1. The first-order chi connectivity index (χ1) is 11.4. The molecule has 2 aromatic rings. The summed E-state index contributed by atoms with van der Waals surface area (Å²) in [4.78, 5) is 24.5. The van der Waals surface area contributed by atoms with Crippen molar-refractivity contribution in [3.8, 4) is 0 Å². The topological polar surface area (TPSA) is 70.2 Å². The number of hydrogen-bond donors (Lipinski definition) is 3. The maximum atomic E-state index is 12.3. The van der Waals surface area contributed by atoms with E-state index in [2.05, 4.69) is 16.0 Å². The molecule has 0 aliphatic carbocycles. The molecule has 0 saturated carbocycles. The summed E-state index contributed by atoms with van der Waals surface area (Å²) in [5.41, 5.74) is 5.63. The maximum absolute atomic E-state index is 12.3. The Morgan fingerprint density at radius 3 is 2.42 bits per heavy atom. The maximum Gasteiger partial charge on any atom is 0.247 e. The average Bonchev–Trinajstić information content (AvgIpc) is 2.52. The van der Waals surface area contributed by atoms with Crippen molar-refractivity contribution >= 4 is 28.9 Å². The Morgan fingerprint density at radius 1 is 1.04 bits per heavy atom. The lowest BCUT2D eigenvalue weighted by atomic mass is 10.0. The van der Waals surface area contributed by atoms with Crippen LogP contribution in [0.2, 0.25) is 0 Å². The first-order valence-electron chi connectivity index (χ1n) is 7.98. The van der Waals surface area contributed by atoms with Crippen LogP contribution < -0.4 is 16.0 Å². The van der Waals surface area contributed by atoms with Gasteiger partial charge < -0.3 is 16.0 Å². The lowest BCUT2D eigenvalue weighted by molar-refractivity contribution is -0.122. The summed E-state index contributed by atoms with van der Waals surface area (Å²) >= 11 is 0. The van der Waals surface area contributed by atoms with E-state index >= 15 is 0 Å². The second kappa shape index (κ2) is 6.35. The van der Waals surface area contributed by atoms with Crippen molar-refractivity contribution in [1.29, 1.82) is 0 Å². The molecule has 0 radical (unpaired) electrons. The van der Waals surface area contributed by atoms with Crippen LogP contribution in [-0.4, -0.2) is 17.9 Å². The predicted molar refractivity (Wildman–Crippen MR) is 96.4 cm³/mol. The van der Waals surface area contributed by atoms with Gasteiger partial charge in [-0.2, -0.15) is 0 Å². The molecule has 1 aliphatic rings. The number of carbonyl (C=O) groups excluding carboxylic acids is 2. The molecule has 3 N–H and O–H groups in total. The molecule has 1 atom stereocenters. The summed E-state index contributed by atoms with van der Waals surface area (Å²) in [6.45, 7) is 5.96. The lowest BCUT2D eigenvalue weighted by Crippen LogP contribution is -2.41. The minimum absolute atomic E-state index is 0.0759. The van der Waals surface area contributed by atoms with Gasteiger partial charge >= 0.3 is 0 Å². The van der Waals surface area contributed by atoms with E-state index < -0.39 is 6.04 Å². The Morgan fingerprint density at radius 2 is 1.71 bits per heavy atom. The first-order valence-corrected chi connectivity index (χ1v) is 7.98. The fraction of sp³-hybridized carbons (Fsp3) is 0.263. The van der Waals surface area contributed by atoms with Crippen LogP contribution in [0, 0.1) is 20.8 Å². The van der Waals surface area contributed by atoms with E-state index in [4.69, 9.17) is 0 Å². The Labute approximate surface area is 141 Å². The molecular formula is C19H21N3O2. The fourth-order valence-electron chi connectivity index (χ4n) is 2.76. The van der Waals surface area contributed by atoms with Crippen molar-refractivity contribution in [2.24, 2.45) is 0 Å². The molecule has 0 spiro atoms. The molecule has 5 heteroatoms. The first kappa shape index (κ1) is 16.1. The zero-order valence-corrected chi connectivity index (χ0v) is 14.1. The van der Waals surface area contributed by atoms with Crippen molar-refractivity contribution in [3.05, 3.63) is 53.1 Å². The molecule has 1 heterocycles. The Kier molecular flexibility index (Phi) is 4.25. The molecule has 1 aliphatic heterocycles. The summed E-state index contributed by atoms with van der Waals surface area (Å²) in [6, 6.07) is 10.9. The molecule has 0 aromatic heterocycles. The number of nitrogens with one attached hydrogen (secondary N) is 3. The smallest absolute Gasteiger partial charge is 0.247 e. The van der Waals surface area contributed by atoms with Gasteiger partial charge in [0.15, 0.2) is 0 Å². The molecule has 124 valence electrons. The Hall–Kier alpha value is -2.82. The van der Waals surface area contributed by atoms with Crippen LogP contribution in [-0.2, 0) is 9.59 Å². The third-order valence-corrected chi connectivity index (χ3v) is 4.35. The van der Waals surface area contributed by atoms with E-state index in [0.29, 0.717) is 0 Å². The summed E-state index contributed by atoms with van der Waals surface area (Å²) in [5, 5.41) is 8.91. The highest BCUT2D eigenvalue weighted by Gasteiger charge is 2.28. The van der Waals surface area contributed by atoms with Gasteiger partial charge in [0, 0.05) is 5.69 Å².